The minimum Gasteiger partial charge on any atom is -0.495 e. The van der Waals surface area contributed by atoms with Crippen molar-refractivity contribution in [2.24, 2.45) is 0 Å². The largest absolute Gasteiger partial charge is 0.495 e. The summed E-state index contributed by atoms with van der Waals surface area (Å²) in [7, 11) is 1.59. The van der Waals surface area contributed by atoms with Crippen molar-refractivity contribution in [1.82, 2.24) is 9.97 Å². The summed E-state index contributed by atoms with van der Waals surface area (Å²) in [6.45, 7) is 1.85. The number of rotatable bonds is 5. The Bertz CT molecular complexity index is 840. The van der Waals surface area contributed by atoms with Crippen LogP contribution >= 0.6 is 11.6 Å². The van der Waals surface area contributed by atoms with Crippen molar-refractivity contribution < 1.29 is 4.74 Å². The van der Waals surface area contributed by atoms with Gasteiger partial charge in [-0.15, -0.1) is 0 Å². The van der Waals surface area contributed by atoms with Crippen molar-refractivity contribution in [1.29, 1.82) is 0 Å². The highest BCUT2D eigenvalue weighted by atomic mass is 35.5. The highest BCUT2D eigenvalue weighted by Gasteiger charge is 2.06. The second-order valence-corrected chi connectivity index (χ2v) is 5.56. The van der Waals surface area contributed by atoms with Gasteiger partial charge >= 0.3 is 0 Å². The fourth-order valence-electron chi connectivity index (χ4n) is 2.26. The normalized spacial score (nSPS) is 10.3. The molecule has 5 nitrogen and oxygen atoms in total. The number of ether oxygens (including phenoxy) is 1. The van der Waals surface area contributed by atoms with Crippen molar-refractivity contribution in [2.45, 2.75) is 6.92 Å². The number of para-hydroxylation sites is 1. The number of anilines is 4. The van der Waals surface area contributed by atoms with Crippen LogP contribution in [0.5, 0.6) is 5.75 Å². The zero-order valence-corrected chi connectivity index (χ0v) is 14.1. The lowest BCUT2D eigenvalue weighted by molar-refractivity contribution is 0.415. The fraction of sp³-hybridized carbons (Fsp3) is 0.111. The zero-order valence-electron chi connectivity index (χ0n) is 13.4. The summed E-state index contributed by atoms with van der Waals surface area (Å²) >= 11 is 6.16. The Balaban J connectivity index is 1.82. The highest BCUT2D eigenvalue weighted by molar-refractivity contribution is 6.32. The summed E-state index contributed by atoms with van der Waals surface area (Å²) in [5.74, 6) is 2.70. The number of nitrogens with zero attached hydrogens (tertiary/aromatic N) is 2. The third-order valence-electron chi connectivity index (χ3n) is 3.31. The molecule has 0 aliphatic heterocycles. The van der Waals surface area contributed by atoms with Crippen LogP contribution in [0.1, 0.15) is 5.82 Å². The van der Waals surface area contributed by atoms with Gasteiger partial charge in [-0.2, -0.15) is 0 Å². The highest BCUT2D eigenvalue weighted by Crippen LogP contribution is 2.29. The Morgan fingerprint density at radius 2 is 1.54 bits per heavy atom. The molecular formula is C18H17ClN4O. The lowest BCUT2D eigenvalue weighted by atomic mass is 10.3. The van der Waals surface area contributed by atoms with Crippen molar-refractivity contribution in [2.75, 3.05) is 17.7 Å². The van der Waals surface area contributed by atoms with Crippen LogP contribution in [-0.2, 0) is 0 Å². The minimum atomic E-state index is 0.538. The molecule has 0 radical (unpaired) electrons. The van der Waals surface area contributed by atoms with Gasteiger partial charge in [0, 0.05) is 17.4 Å². The first kappa shape index (κ1) is 16.1. The number of benzene rings is 2. The molecule has 6 heteroatoms. The maximum Gasteiger partial charge on any atom is 0.137 e. The molecule has 24 heavy (non-hydrogen) atoms. The van der Waals surface area contributed by atoms with Crippen LogP contribution in [0.3, 0.4) is 0 Å². The molecule has 0 amide bonds. The van der Waals surface area contributed by atoms with E-state index < -0.39 is 0 Å². The molecule has 122 valence electrons. The van der Waals surface area contributed by atoms with Crippen LogP contribution in [0.2, 0.25) is 5.02 Å². The molecule has 0 saturated heterocycles. The van der Waals surface area contributed by atoms with Crippen LogP contribution < -0.4 is 15.4 Å². The topological polar surface area (TPSA) is 59.1 Å². The van der Waals surface area contributed by atoms with Crippen molar-refractivity contribution in [3.8, 4) is 5.75 Å². The fourth-order valence-corrected chi connectivity index (χ4v) is 2.51. The third-order valence-corrected chi connectivity index (χ3v) is 3.60. The van der Waals surface area contributed by atoms with Crippen LogP contribution in [-0.4, -0.2) is 17.1 Å². The quantitative estimate of drug-likeness (QED) is 0.689. The molecule has 2 aromatic carbocycles. The van der Waals surface area contributed by atoms with E-state index in [0.29, 0.717) is 22.4 Å². The molecule has 0 aliphatic rings. The molecular weight excluding hydrogens is 324 g/mol. The molecule has 0 aliphatic carbocycles. The van der Waals surface area contributed by atoms with Gasteiger partial charge in [0.05, 0.1) is 12.1 Å². The van der Waals surface area contributed by atoms with E-state index in [0.717, 1.165) is 17.2 Å². The van der Waals surface area contributed by atoms with E-state index in [2.05, 4.69) is 20.6 Å². The number of hydrogen-bond acceptors (Lipinski definition) is 5. The smallest absolute Gasteiger partial charge is 0.137 e. The third kappa shape index (κ3) is 3.94. The van der Waals surface area contributed by atoms with Crippen LogP contribution in [0.4, 0.5) is 23.0 Å². The average molecular weight is 341 g/mol. The van der Waals surface area contributed by atoms with E-state index in [4.69, 9.17) is 16.3 Å². The molecule has 0 atom stereocenters. The number of halogens is 1. The SMILES string of the molecule is COc1ccc(Nc2cc(Nc3ccccc3)nc(C)n2)cc1Cl. The van der Waals surface area contributed by atoms with Gasteiger partial charge < -0.3 is 15.4 Å². The summed E-state index contributed by atoms with van der Waals surface area (Å²) in [5, 5.41) is 7.03. The Labute approximate surface area is 145 Å². The van der Waals surface area contributed by atoms with E-state index in [1.54, 1.807) is 13.2 Å². The number of hydrogen-bond donors (Lipinski definition) is 2. The predicted octanol–water partition coefficient (Wildman–Crippen LogP) is 4.93. The molecule has 0 unspecified atom stereocenters. The van der Waals surface area contributed by atoms with E-state index in [1.165, 1.54) is 0 Å². The average Bonchev–Trinajstić information content (AvgIpc) is 2.55. The van der Waals surface area contributed by atoms with Gasteiger partial charge in [-0.3, -0.25) is 0 Å². The van der Waals surface area contributed by atoms with Gasteiger partial charge in [-0.25, -0.2) is 9.97 Å². The van der Waals surface area contributed by atoms with E-state index >= 15 is 0 Å². The summed E-state index contributed by atoms with van der Waals surface area (Å²) < 4.78 is 5.16. The van der Waals surface area contributed by atoms with Crippen LogP contribution in [0.15, 0.2) is 54.6 Å². The maximum absolute atomic E-state index is 6.16. The molecule has 0 saturated carbocycles. The zero-order chi connectivity index (χ0) is 16.9. The van der Waals surface area contributed by atoms with Crippen molar-refractivity contribution >= 4 is 34.6 Å². The molecule has 3 aromatic rings. The first-order valence-corrected chi connectivity index (χ1v) is 7.80. The Morgan fingerprint density at radius 3 is 2.17 bits per heavy atom. The number of nitrogens with one attached hydrogen (secondary N) is 2. The molecule has 0 bridgehead atoms. The predicted molar refractivity (Wildman–Crippen MR) is 97.8 cm³/mol. The Hall–Kier alpha value is -2.79. The van der Waals surface area contributed by atoms with Gasteiger partial charge in [0.15, 0.2) is 0 Å². The minimum absolute atomic E-state index is 0.538. The number of aryl methyl sites for hydroxylation is 1. The van der Waals surface area contributed by atoms with Crippen molar-refractivity contribution in [3.63, 3.8) is 0 Å². The molecule has 1 heterocycles. The lowest BCUT2D eigenvalue weighted by Crippen LogP contribution is -2.01. The van der Waals surface area contributed by atoms with Gasteiger partial charge in [-0.05, 0) is 37.3 Å². The molecule has 0 spiro atoms. The number of aromatic nitrogens is 2. The standard InChI is InChI=1S/C18H17ClN4O/c1-12-20-17(22-13-6-4-3-5-7-13)11-18(21-12)23-14-8-9-16(24-2)15(19)10-14/h3-11H,1-2H3,(H2,20,21,22,23). The van der Waals surface area contributed by atoms with Gasteiger partial charge in [0.25, 0.3) is 0 Å². The summed E-state index contributed by atoms with van der Waals surface area (Å²) in [4.78, 5) is 8.81. The molecule has 1 aromatic heterocycles. The second-order valence-electron chi connectivity index (χ2n) is 5.15. The van der Waals surface area contributed by atoms with Crippen LogP contribution in [0, 0.1) is 6.92 Å². The monoisotopic (exact) mass is 340 g/mol. The summed E-state index contributed by atoms with van der Waals surface area (Å²) in [6, 6.07) is 17.2. The van der Waals surface area contributed by atoms with E-state index in [1.807, 2.05) is 55.5 Å². The molecule has 2 N–H and O–H groups in total. The lowest BCUT2D eigenvalue weighted by Gasteiger charge is -2.11. The maximum atomic E-state index is 6.16. The second kappa shape index (κ2) is 7.19. The van der Waals surface area contributed by atoms with Crippen LogP contribution in [0.25, 0.3) is 0 Å². The summed E-state index contributed by atoms with van der Waals surface area (Å²) in [5.41, 5.74) is 1.79. The van der Waals surface area contributed by atoms with Gasteiger partial charge in [0.2, 0.25) is 0 Å². The van der Waals surface area contributed by atoms with Gasteiger partial charge in [-0.1, -0.05) is 29.8 Å². The Kier molecular flexibility index (Phi) is 4.82. The molecule has 0 fully saturated rings. The first-order chi connectivity index (χ1) is 11.6. The van der Waals surface area contributed by atoms with E-state index in [9.17, 15) is 0 Å². The van der Waals surface area contributed by atoms with E-state index in [-0.39, 0.29) is 0 Å². The molecule has 3 rings (SSSR count). The van der Waals surface area contributed by atoms with Gasteiger partial charge in [0.1, 0.15) is 23.2 Å². The Morgan fingerprint density at radius 1 is 0.875 bits per heavy atom. The first-order valence-electron chi connectivity index (χ1n) is 7.42. The summed E-state index contributed by atoms with van der Waals surface area (Å²) in [6.07, 6.45) is 0. The van der Waals surface area contributed by atoms with Crippen molar-refractivity contribution in [3.05, 3.63) is 65.4 Å². The number of methoxy groups -OCH3 is 1.